The Labute approximate surface area is 102 Å². The fraction of sp³-hybridized carbons (Fsp3) is 0.500. The lowest BCUT2D eigenvalue weighted by Gasteiger charge is -2.27. The van der Waals surface area contributed by atoms with Gasteiger partial charge in [0.1, 0.15) is 0 Å². The molecule has 1 aliphatic heterocycles. The lowest BCUT2D eigenvalue weighted by atomic mass is 10.1. The Kier molecular flexibility index (Phi) is 3.40. The molecule has 0 amide bonds. The van der Waals surface area contributed by atoms with Gasteiger partial charge in [-0.25, -0.2) is 8.42 Å². The van der Waals surface area contributed by atoms with Crippen LogP contribution in [0, 0.1) is 6.92 Å². The quantitative estimate of drug-likeness (QED) is 0.793. The first kappa shape index (κ1) is 12.4. The van der Waals surface area contributed by atoms with Gasteiger partial charge in [0.25, 0.3) is 0 Å². The van der Waals surface area contributed by atoms with E-state index in [4.69, 9.17) is 5.73 Å². The number of benzene rings is 1. The van der Waals surface area contributed by atoms with Crippen LogP contribution in [0.4, 0.5) is 5.69 Å². The molecule has 4 nitrogen and oxygen atoms in total. The highest BCUT2D eigenvalue weighted by molar-refractivity contribution is 7.91. The normalized spacial score (nSPS) is 20.3. The predicted octanol–water partition coefficient (Wildman–Crippen LogP) is 0.808. The Morgan fingerprint density at radius 3 is 2.59 bits per heavy atom. The first-order valence-electron chi connectivity index (χ1n) is 5.75. The SMILES string of the molecule is Cc1c(N)cccc1CN1CCS(=O)(=O)CC1. The van der Waals surface area contributed by atoms with Crippen LogP contribution in [-0.4, -0.2) is 37.9 Å². The zero-order valence-corrected chi connectivity index (χ0v) is 10.8. The molecule has 2 rings (SSSR count). The number of rotatable bonds is 2. The van der Waals surface area contributed by atoms with Gasteiger partial charge < -0.3 is 5.73 Å². The van der Waals surface area contributed by atoms with Gasteiger partial charge in [0, 0.05) is 25.3 Å². The summed E-state index contributed by atoms with van der Waals surface area (Å²) in [4.78, 5) is 2.17. The summed E-state index contributed by atoms with van der Waals surface area (Å²) in [6, 6.07) is 5.88. The Bertz CT molecular complexity index is 497. The number of hydrogen-bond donors (Lipinski definition) is 1. The zero-order valence-electron chi connectivity index (χ0n) is 10.0. The van der Waals surface area contributed by atoms with Crippen molar-refractivity contribution in [2.75, 3.05) is 30.3 Å². The molecule has 1 aliphatic rings. The van der Waals surface area contributed by atoms with Crippen molar-refractivity contribution < 1.29 is 8.42 Å². The summed E-state index contributed by atoms with van der Waals surface area (Å²) < 4.78 is 22.6. The number of anilines is 1. The maximum absolute atomic E-state index is 11.3. The van der Waals surface area contributed by atoms with E-state index >= 15 is 0 Å². The highest BCUT2D eigenvalue weighted by Crippen LogP contribution is 2.18. The van der Waals surface area contributed by atoms with Crippen molar-refractivity contribution in [2.24, 2.45) is 0 Å². The maximum atomic E-state index is 11.3. The summed E-state index contributed by atoms with van der Waals surface area (Å²) >= 11 is 0. The maximum Gasteiger partial charge on any atom is 0.152 e. The van der Waals surface area contributed by atoms with E-state index in [0.717, 1.165) is 17.8 Å². The molecular formula is C12H18N2O2S. The first-order chi connectivity index (χ1) is 7.98. The summed E-state index contributed by atoms with van der Waals surface area (Å²) in [6.07, 6.45) is 0. The smallest absolute Gasteiger partial charge is 0.152 e. The van der Waals surface area contributed by atoms with Crippen molar-refractivity contribution in [1.29, 1.82) is 0 Å². The van der Waals surface area contributed by atoms with Gasteiger partial charge in [0.2, 0.25) is 0 Å². The molecule has 1 heterocycles. The van der Waals surface area contributed by atoms with Crippen LogP contribution < -0.4 is 5.73 Å². The molecule has 0 spiro atoms. The number of nitrogens with two attached hydrogens (primary N) is 1. The van der Waals surface area contributed by atoms with Gasteiger partial charge in [-0.3, -0.25) is 4.90 Å². The van der Waals surface area contributed by atoms with E-state index in [1.54, 1.807) is 0 Å². The fourth-order valence-corrected chi connectivity index (χ4v) is 3.30. The molecule has 2 N–H and O–H groups in total. The Balaban J connectivity index is 2.05. The van der Waals surface area contributed by atoms with E-state index in [0.29, 0.717) is 13.1 Å². The van der Waals surface area contributed by atoms with Crippen LogP contribution in [0.2, 0.25) is 0 Å². The highest BCUT2D eigenvalue weighted by Gasteiger charge is 2.21. The number of nitrogen functional groups attached to an aromatic ring is 1. The van der Waals surface area contributed by atoms with Crippen LogP contribution >= 0.6 is 0 Å². The molecule has 1 aromatic rings. The van der Waals surface area contributed by atoms with Crippen molar-refractivity contribution in [3.63, 3.8) is 0 Å². The molecule has 17 heavy (non-hydrogen) atoms. The van der Waals surface area contributed by atoms with E-state index in [-0.39, 0.29) is 11.5 Å². The molecule has 5 heteroatoms. The van der Waals surface area contributed by atoms with Crippen LogP contribution in [0.15, 0.2) is 18.2 Å². The Morgan fingerprint density at radius 1 is 1.29 bits per heavy atom. The second-order valence-electron chi connectivity index (χ2n) is 4.56. The molecule has 1 aromatic carbocycles. The second kappa shape index (κ2) is 4.66. The molecule has 0 saturated carbocycles. The van der Waals surface area contributed by atoms with Crippen molar-refractivity contribution in [3.05, 3.63) is 29.3 Å². The van der Waals surface area contributed by atoms with E-state index in [9.17, 15) is 8.42 Å². The zero-order chi connectivity index (χ0) is 12.5. The third-order valence-electron chi connectivity index (χ3n) is 3.32. The van der Waals surface area contributed by atoms with Gasteiger partial charge in [-0.1, -0.05) is 12.1 Å². The molecule has 1 saturated heterocycles. The number of hydrogen-bond acceptors (Lipinski definition) is 4. The summed E-state index contributed by atoms with van der Waals surface area (Å²) in [6.45, 7) is 4.03. The molecule has 0 atom stereocenters. The molecule has 94 valence electrons. The van der Waals surface area contributed by atoms with Gasteiger partial charge >= 0.3 is 0 Å². The second-order valence-corrected chi connectivity index (χ2v) is 6.86. The number of nitrogens with zero attached hydrogens (tertiary/aromatic N) is 1. The Hall–Kier alpha value is -1.07. The van der Waals surface area contributed by atoms with Crippen molar-refractivity contribution in [2.45, 2.75) is 13.5 Å². The van der Waals surface area contributed by atoms with Crippen LogP contribution in [0.5, 0.6) is 0 Å². The summed E-state index contributed by atoms with van der Waals surface area (Å²) in [5.41, 5.74) is 8.94. The van der Waals surface area contributed by atoms with Gasteiger partial charge in [-0.2, -0.15) is 0 Å². The van der Waals surface area contributed by atoms with Gasteiger partial charge in [-0.15, -0.1) is 0 Å². The van der Waals surface area contributed by atoms with Gasteiger partial charge in [-0.05, 0) is 24.1 Å². The molecule has 1 fully saturated rings. The predicted molar refractivity (Wildman–Crippen MR) is 69.5 cm³/mol. The highest BCUT2D eigenvalue weighted by atomic mass is 32.2. The molecular weight excluding hydrogens is 236 g/mol. The first-order valence-corrected chi connectivity index (χ1v) is 7.57. The van der Waals surface area contributed by atoms with E-state index in [1.807, 2.05) is 19.1 Å². The fourth-order valence-electron chi connectivity index (χ4n) is 2.02. The lowest BCUT2D eigenvalue weighted by Crippen LogP contribution is -2.39. The van der Waals surface area contributed by atoms with Gasteiger partial charge in [0.05, 0.1) is 11.5 Å². The van der Waals surface area contributed by atoms with E-state index < -0.39 is 9.84 Å². The van der Waals surface area contributed by atoms with E-state index in [1.165, 1.54) is 5.56 Å². The molecule has 0 radical (unpaired) electrons. The topological polar surface area (TPSA) is 63.4 Å². The van der Waals surface area contributed by atoms with E-state index in [2.05, 4.69) is 11.0 Å². The monoisotopic (exact) mass is 254 g/mol. The average molecular weight is 254 g/mol. The third kappa shape index (κ3) is 2.98. The standard InChI is InChI=1S/C12H18N2O2S/c1-10-11(3-2-4-12(10)13)9-14-5-7-17(15,16)8-6-14/h2-4H,5-9,13H2,1H3. The minimum atomic E-state index is -2.79. The molecule has 0 bridgehead atoms. The minimum Gasteiger partial charge on any atom is -0.399 e. The Morgan fingerprint density at radius 2 is 1.94 bits per heavy atom. The third-order valence-corrected chi connectivity index (χ3v) is 4.93. The van der Waals surface area contributed by atoms with Crippen LogP contribution in [0.1, 0.15) is 11.1 Å². The number of sulfone groups is 1. The van der Waals surface area contributed by atoms with Crippen LogP contribution in [0.25, 0.3) is 0 Å². The van der Waals surface area contributed by atoms with Gasteiger partial charge in [0.15, 0.2) is 9.84 Å². The van der Waals surface area contributed by atoms with Crippen LogP contribution in [0.3, 0.4) is 0 Å². The minimum absolute atomic E-state index is 0.272. The summed E-state index contributed by atoms with van der Waals surface area (Å²) in [5.74, 6) is 0.544. The lowest BCUT2D eigenvalue weighted by molar-refractivity contribution is 0.287. The molecule has 0 aromatic heterocycles. The summed E-state index contributed by atoms with van der Waals surface area (Å²) in [7, 11) is -2.79. The van der Waals surface area contributed by atoms with Crippen LogP contribution in [-0.2, 0) is 16.4 Å². The van der Waals surface area contributed by atoms with Crippen molar-refractivity contribution in [3.8, 4) is 0 Å². The summed E-state index contributed by atoms with van der Waals surface area (Å²) in [5, 5.41) is 0. The average Bonchev–Trinajstić information content (AvgIpc) is 2.27. The van der Waals surface area contributed by atoms with Crippen molar-refractivity contribution >= 4 is 15.5 Å². The van der Waals surface area contributed by atoms with Crippen molar-refractivity contribution in [1.82, 2.24) is 4.90 Å². The largest absolute Gasteiger partial charge is 0.399 e. The molecule has 0 aliphatic carbocycles. The molecule has 0 unspecified atom stereocenters.